The first-order valence-corrected chi connectivity index (χ1v) is 16.4. The zero-order chi connectivity index (χ0) is 32.3. The molecule has 0 fully saturated rings. The number of rotatable bonds is 9. The van der Waals surface area contributed by atoms with Gasteiger partial charge in [0.25, 0.3) is 5.56 Å². The van der Waals surface area contributed by atoms with Crippen molar-refractivity contribution in [2.45, 2.75) is 59.8 Å². The van der Waals surface area contributed by atoms with Crippen LogP contribution in [0.5, 0.6) is 0 Å². The molecule has 0 spiro atoms. The summed E-state index contributed by atoms with van der Waals surface area (Å²) in [4.78, 5) is 59.6. The number of nitrogens with zero attached hydrogens (tertiary/aromatic N) is 3. The second-order valence-corrected chi connectivity index (χ2v) is 11.0. The van der Waals surface area contributed by atoms with Gasteiger partial charge in [0.05, 0.1) is 29.0 Å². The molecule has 1 amide bonds. The fourth-order valence-corrected chi connectivity index (χ4v) is 5.92. The Labute approximate surface area is 266 Å². The molecular weight excluding hydrogens is 592 g/mol. The molecule has 0 aliphatic carbocycles. The van der Waals surface area contributed by atoms with E-state index in [0.717, 1.165) is 28.6 Å². The van der Waals surface area contributed by atoms with Crippen LogP contribution in [0.4, 0.5) is 0 Å². The number of benzene rings is 1. The van der Waals surface area contributed by atoms with Gasteiger partial charge in [-0.25, -0.2) is 9.78 Å². The van der Waals surface area contributed by atoms with Crippen molar-refractivity contribution in [1.82, 2.24) is 19.9 Å². The molecule has 11 heteroatoms. The van der Waals surface area contributed by atoms with E-state index < -0.39 is 24.6 Å². The summed E-state index contributed by atoms with van der Waals surface area (Å²) in [6.07, 6.45) is 3.22. The van der Waals surface area contributed by atoms with Crippen LogP contribution < -0.4 is 10.9 Å². The molecule has 2 aliphatic heterocycles. The molecule has 0 bridgehead atoms. The lowest BCUT2D eigenvalue weighted by atomic mass is 10.00. The highest BCUT2D eigenvalue weighted by atomic mass is 32.2. The van der Waals surface area contributed by atoms with Crippen LogP contribution in [0.15, 0.2) is 65.7 Å². The lowest BCUT2D eigenvalue weighted by Gasteiger charge is -2.25. The van der Waals surface area contributed by atoms with Crippen LogP contribution in [-0.2, 0) is 43.4 Å². The Morgan fingerprint density at radius 2 is 1.80 bits per heavy atom. The van der Waals surface area contributed by atoms with Gasteiger partial charge in [0.15, 0.2) is 0 Å². The zero-order valence-corrected chi connectivity index (χ0v) is 26.8. The lowest BCUT2D eigenvalue weighted by molar-refractivity contribution is -0.171. The molecule has 1 unspecified atom stereocenters. The maximum absolute atomic E-state index is 13.4. The Morgan fingerprint density at radius 3 is 2.58 bits per heavy atom. The first kappa shape index (κ1) is 33.4. The Hall–Kier alpha value is -4.51. The van der Waals surface area contributed by atoms with Gasteiger partial charge in [0, 0.05) is 41.1 Å². The van der Waals surface area contributed by atoms with Crippen molar-refractivity contribution < 1.29 is 23.9 Å². The third kappa shape index (κ3) is 7.78. The third-order valence-electron chi connectivity index (χ3n) is 7.10. The third-order valence-corrected chi connectivity index (χ3v) is 8.09. The van der Waals surface area contributed by atoms with Gasteiger partial charge < -0.3 is 19.4 Å². The van der Waals surface area contributed by atoms with E-state index in [9.17, 15) is 19.2 Å². The average molecular weight is 631 g/mol. The molecular formula is C34H38N4O6S. The standard InChI is InChI=1S/C30H26N4O6S.2C2H6/c35-25(8-12-41-11-7-18-5-9-31-10-6-18)32-15-26(36)40-28-21-14-24-27-20(13-19-3-1-2-4-23(19)33-27)16-34(24)29(37)22(21)17-39-30(28)38;2*1-2/h1-6,9-10,13-14,28H,7-8,11-12,15-17H2,(H,32,35);2*1-2H3. The van der Waals surface area contributed by atoms with Crippen molar-refractivity contribution in [1.29, 1.82) is 0 Å². The predicted octanol–water partition coefficient (Wildman–Crippen LogP) is 5.00. The summed E-state index contributed by atoms with van der Waals surface area (Å²) in [6.45, 7) is 7.74. The number of amides is 1. The smallest absolute Gasteiger partial charge is 0.352 e. The molecule has 5 heterocycles. The van der Waals surface area contributed by atoms with E-state index in [2.05, 4.69) is 10.3 Å². The zero-order valence-electron chi connectivity index (χ0n) is 26.0. The summed E-state index contributed by atoms with van der Waals surface area (Å²) in [6, 6.07) is 15.3. The molecule has 3 aromatic heterocycles. The van der Waals surface area contributed by atoms with Crippen molar-refractivity contribution in [3.8, 4) is 11.4 Å². The summed E-state index contributed by atoms with van der Waals surface area (Å²) in [7, 11) is 0. The van der Waals surface area contributed by atoms with Gasteiger partial charge in [-0.05, 0) is 48.1 Å². The molecule has 1 aromatic carbocycles. The van der Waals surface area contributed by atoms with E-state index in [1.807, 2.05) is 70.2 Å². The van der Waals surface area contributed by atoms with E-state index in [0.29, 0.717) is 23.7 Å². The van der Waals surface area contributed by atoms with Crippen molar-refractivity contribution in [3.05, 3.63) is 93.5 Å². The summed E-state index contributed by atoms with van der Waals surface area (Å²) in [5.74, 6) is -0.396. The predicted molar refractivity (Wildman–Crippen MR) is 175 cm³/mol. The number of thioether (sulfide) groups is 1. The number of hydrogen-bond acceptors (Lipinski definition) is 9. The first-order chi connectivity index (χ1) is 22.0. The minimum absolute atomic E-state index is 0.206. The van der Waals surface area contributed by atoms with E-state index in [1.54, 1.807) is 34.8 Å². The second-order valence-electron chi connectivity index (χ2n) is 9.77. The number of aryl methyl sites for hydroxylation is 1. The molecule has 6 rings (SSSR count). The number of carbonyl (C=O) groups is 3. The number of fused-ring (bicyclic) bond motifs is 5. The largest absolute Gasteiger partial charge is 0.458 e. The quantitative estimate of drug-likeness (QED) is 0.177. The topological polar surface area (TPSA) is 129 Å². The Kier molecular flexibility index (Phi) is 11.9. The Bertz CT molecular complexity index is 1720. The molecule has 1 atom stereocenters. The van der Waals surface area contributed by atoms with E-state index in [4.69, 9.17) is 14.5 Å². The minimum atomic E-state index is -1.41. The molecule has 1 N–H and O–H groups in total. The summed E-state index contributed by atoms with van der Waals surface area (Å²) in [5, 5.41) is 3.50. The van der Waals surface area contributed by atoms with Gasteiger partial charge in [-0.15, -0.1) is 0 Å². The monoisotopic (exact) mass is 630 g/mol. The van der Waals surface area contributed by atoms with Crippen LogP contribution in [0.1, 0.15) is 62.5 Å². The molecule has 45 heavy (non-hydrogen) atoms. The van der Waals surface area contributed by atoms with Gasteiger partial charge >= 0.3 is 11.9 Å². The van der Waals surface area contributed by atoms with Crippen LogP contribution in [0.3, 0.4) is 0 Å². The fourth-order valence-electron chi connectivity index (χ4n) is 5.01. The summed E-state index contributed by atoms with van der Waals surface area (Å²) >= 11 is 1.64. The van der Waals surface area contributed by atoms with Gasteiger partial charge in [-0.2, -0.15) is 11.8 Å². The highest BCUT2D eigenvalue weighted by Gasteiger charge is 2.37. The lowest BCUT2D eigenvalue weighted by Crippen LogP contribution is -2.37. The molecule has 0 saturated heterocycles. The number of esters is 2. The molecule has 0 saturated carbocycles. The van der Waals surface area contributed by atoms with Crippen molar-refractivity contribution in [2.24, 2.45) is 0 Å². The van der Waals surface area contributed by atoms with Crippen molar-refractivity contribution >= 4 is 40.5 Å². The van der Waals surface area contributed by atoms with E-state index >= 15 is 0 Å². The van der Waals surface area contributed by atoms with Crippen molar-refractivity contribution in [3.63, 3.8) is 0 Å². The van der Waals surface area contributed by atoms with Gasteiger partial charge in [0.2, 0.25) is 12.0 Å². The summed E-state index contributed by atoms with van der Waals surface area (Å²) < 4.78 is 12.2. The number of hydrogen-bond donors (Lipinski definition) is 1. The van der Waals surface area contributed by atoms with Gasteiger partial charge in [-0.1, -0.05) is 45.9 Å². The van der Waals surface area contributed by atoms with E-state index in [-0.39, 0.29) is 35.6 Å². The van der Waals surface area contributed by atoms with Gasteiger partial charge in [0.1, 0.15) is 13.2 Å². The van der Waals surface area contributed by atoms with Gasteiger partial charge in [-0.3, -0.25) is 19.4 Å². The van der Waals surface area contributed by atoms with Crippen LogP contribution in [0, 0.1) is 0 Å². The SMILES string of the molecule is CC.CC.O=C(CCSCCc1ccncc1)NCC(=O)OC1C(=O)OCc2c1cc1n(c2=O)Cc2cc3ccccc3nc2-1. The number of carbonyl (C=O) groups excluding carboxylic acids is 3. The Morgan fingerprint density at radius 1 is 1.04 bits per heavy atom. The van der Waals surface area contributed by atoms with Crippen LogP contribution in [0.2, 0.25) is 0 Å². The number of nitrogens with one attached hydrogen (secondary N) is 1. The maximum Gasteiger partial charge on any atom is 0.352 e. The molecule has 2 aliphatic rings. The maximum atomic E-state index is 13.4. The molecule has 0 radical (unpaired) electrons. The number of cyclic esters (lactones) is 1. The normalized spacial score (nSPS) is 14.0. The molecule has 10 nitrogen and oxygen atoms in total. The number of ether oxygens (including phenoxy) is 2. The number of aromatic nitrogens is 3. The highest BCUT2D eigenvalue weighted by Crippen LogP contribution is 2.36. The number of pyridine rings is 3. The highest BCUT2D eigenvalue weighted by molar-refractivity contribution is 7.99. The first-order valence-electron chi connectivity index (χ1n) is 15.2. The van der Waals surface area contributed by atoms with E-state index in [1.165, 1.54) is 5.56 Å². The average Bonchev–Trinajstić information content (AvgIpc) is 3.44. The van der Waals surface area contributed by atoms with Crippen LogP contribution in [-0.4, -0.2) is 50.4 Å². The van der Waals surface area contributed by atoms with Crippen molar-refractivity contribution in [2.75, 3.05) is 18.1 Å². The minimum Gasteiger partial charge on any atom is -0.458 e. The fraction of sp³-hybridized carbons (Fsp3) is 0.353. The summed E-state index contributed by atoms with van der Waals surface area (Å²) in [5.41, 5.74) is 4.30. The molecule has 4 aromatic rings. The number of para-hydroxylation sites is 1. The molecule has 236 valence electrons. The second kappa shape index (κ2) is 16.0. The Balaban J connectivity index is 0.00000111. The van der Waals surface area contributed by atoms with Crippen LogP contribution in [0.25, 0.3) is 22.3 Å². The van der Waals surface area contributed by atoms with Crippen LogP contribution >= 0.6 is 11.8 Å².